The van der Waals surface area contributed by atoms with Crippen molar-refractivity contribution in [2.24, 2.45) is 0 Å². The van der Waals surface area contributed by atoms with Crippen molar-refractivity contribution in [3.05, 3.63) is 120 Å². The maximum absolute atomic E-state index is 12.8. The number of hydrogen-bond donors (Lipinski definition) is 6. The van der Waals surface area contributed by atoms with Gasteiger partial charge in [-0.2, -0.15) is 9.29 Å². The highest BCUT2D eigenvalue weighted by molar-refractivity contribution is 7.61. The summed E-state index contributed by atoms with van der Waals surface area (Å²) < 4.78 is 56.6. The Bertz CT molecular complexity index is 2120. The first-order valence-electron chi connectivity index (χ1n) is 25.4. The number of nitrogen functional groups attached to an aromatic ring is 1. The quantitative estimate of drug-likeness (QED) is 0.0117. The maximum atomic E-state index is 12.8. The van der Waals surface area contributed by atoms with E-state index in [9.17, 15) is 48.6 Å². The van der Waals surface area contributed by atoms with E-state index in [1.54, 1.807) is 18.2 Å². The van der Waals surface area contributed by atoms with E-state index in [-0.39, 0.29) is 25.1 Å². The average Bonchev–Trinajstić information content (AvgIpc) is 3.62. The molecule has 8 atom stereocenters. The van der Waals surface area contributed by atoms with Crippen molar-refractivity contribution < 1.29 is 71.4 Å². The zero-order valence-electron chi connectivity index (χ0n) is 42.5. The minimum atomic E-state index is -5.46. The molecule has 3 unspecified atom stereocenters. The fourth-order valence-corrected chi connectivity index (χ4v) is 8.92. The molecule has 0 saturated carbocycles. The van der Waals surface area contributed by atoms with Gasteiger partial charge in [0.05, 0.1) is 19.3 Å². The van der Waals surface area contributed by atoms with Crippen LogP contribution >= 0.6 is 15.6 Å². The molecule has 1 aliphatic rings. The summed E-state index contributed by atoms with van der Waals surface area (Å²) in [7, 11) is -10.9. The van der Waals surface area contributed by atoms with Crippen molar-refractivity contribution in [2.45, 2.75) is 173 Å². The Morgan fingerprint density at radius 3 is 2.03 bits per heavy atom. The third-order valence-corrected chi connectivity index (χ3v) is 13.3. The number of phosphoric ester groups is 2. The van der Waals surface area contributed by atoms with Crippen molar-refractivity contribution >= 4 is 33.4 Å². The fourth-order valence-electron chi connectivity index (χ4n) is 6.80. The number of esters is 2. The minimum absolute atomic E-state index is 0.0793. The second-order valence-electron chi connectivity index (χ2n) is 17.1. The molecule has 0 bridgehead atoms. The first-order valence-corrected chi connectivity index (χ1v) is 28.3. The second-order valence-corrected chi connectivity index (χ2v) is 20.2. The van der Waals surface area contributed by atoms with E-state index in [1.807, 2.05) is 42.5 Å². The van der Waals surface area contributed by atoms with Gasteiger partial charge >= 0.3 is 33.3 Å². The number of phosphoric acid groups is 2. The molecule has 1 fully saturated rings. The molecule has 0 radical (unpaired) electrons. The molecule has 1 saturated heterocycles. The number of nitrogens with zero attached hydrogens (tertiary/aromatic N) is 2. The van der Waals surface area contributed by atoms with Crippen LogP contribution in [0.15, 0.2) is 114 Å². The zero-order chi connectivity index (χ0) is 53.6. The normalized spacial score (nSPS) is 20.2. The lowest BCUT2D eigenvalue weighted by molar-refractivity contribution is -0.161. The third-order valence-electron chi connectivity index (χ3n) is 10.7. The highest BCUT2D eigenvalue weighted by atomic mass is 31.3. The van der Waals surface area contributed by atoms with Crippen LogP contribution in [0, 0.1) is 0 Å². The number of allylic oxidation sites excluding steroid dienone is 14. The maximum Gasteiger partial charge on any atom is 0.481 e. The van der Waals surface area contributed by atoms with Gasteiger partial charge in [-0.15, -0.1) is 0 Å². The number of carbonyl (C=O) groups is 2. The van der Waals surface area contributed by atoms with Crippen LogP contribution < -0.4 is 11.4 Å². The van der Waals surface area contributed by atoms with Crippen LogP contribution in [0.3, 0.4) is 0 Å². The Morgan fingerprint density at radius 2 is 1.34 bits per heavy atom. The zero-order valence-corrected chi connectivity index (χ0v) is 44.3. The topological polar surface area (TPSA) is 286 Å². The van der Waals surface area contributed by atoms with Crippen LogP contribution in [0.2, 0.25) is 0 Å². The largest absolute Gasteiger partial charge is 0.481 e. The molecule has 19 nitrogen and oxygen atoms in total. The number of hydrogen-bond acceptors (Lipinski definition) is 16. The monoisotopic (exact) mass is 1070 g/mol. The number of carbonyl (C=O) groups excluding carboxylic acids is 2. The van der Waals surface area contributed by atoms with Crippen LogP contribution in [-0.4, -0.2) is 96.9 Å². The molecule has 73 heavy (non-hydrogen) atoms. The van der Waals surface area contributed by atoms with Crippen LogP contribution in [0.4, 0.5) is 5.82 Å². The fraction of sp³-hybridized carbons (Fsp3) is 0.577. The molecule has 7 N–H and O–H groups in total. The number of rotatable bonds is 40. The van der Waals surface area contributed by atoms with Gasteiger partial charge in [0.1, 0.15) is 30.7 Å². The molecule has 1 aromatic rings. The number of aromatic nitrogens is 2. The SMILES string of the molecule is CC/C=C\C/C=C\CC(O)/C=C/C=C\C/C=C\C/C=C\CCC(=O)O[C@H](COC(=O)CCCCCCC/C=C\C/C=C\CCCCC)COP(=O)(O)OP(=O)(O)OC[C@H]1O[C@@H](n2ccc(N)nc2=O)[C@H](O)[C@@H]1O. The van der Waals surface area contributed by atoms with E-state index in [2.05, 4.69) is 59.6 Å². The molecule has 0 aromatic carbocycles. The summed E-state index contributed by atoms with van der Waals surface area (Å²) in [5.41, 5.74) is 4.57. The van der Waals surface area contributed by atoms with Gasteiger partial charge in [0.15, 0.2) is 12.3 Å². The Kier molecular flexibility index (Phi) is 34.7. The molecule has 410 valence electrons. The van der Waals surface area contributed by atoms with E-state index < -0.39 is 89.8 Å². The lowest BCUT2D eigenvalue weighted by Gasteiger charge is -2.21. The Morgan fingerprint density at radius 1 is 0.740 bits per heavy atom. The van der Waals surface area contributed by atoms with Gasteiger partial charge in [-0.25, -0.2) is 13.9 Å². The van der Waals surface area contributed by atoms with Gasteiger partial charge in [-0.05, 0) is 83.1 Å². The average molecular weight is 1070 g/mol. The van der Waals surface area contributed by atoms with Crippen molar-refractivity contribution in [3.63, 3.8) is 0 Å². The molecule has 0 amide bonds. The predicted octanol–water partition coefficient (Wildman–Crippen LogP) is 9.41. The number of ether oxygens (including phenoxy) is 3. The van der Waals surface area contributed by atoms with Gasteiger partial charge in [-0.1, -0.05) is 143 Å². The van der Waals surface area contributed by atoms with E-state index in [0.717, 1.165) is 68.6 Å². The van der Waals surface area contributed by atoms with Crippen molar-refractivity contribution in [2.75, 3.05) is 25.6 Å². The molecule has 2 rings (SSSR count). The summed E-state index contributed by atoms with van der Waals surface area (Å²) in [6, 6.07) is 1.24. The standard InChI is InChI=1S/C52H81N3O16P2/c1-3-5-7-9-11-12-13-14-15-16-17-21-24-28-32-36-47(57)66-40-44(69-48(58)37-33-29-25-22-19-18-20-23-27-31-35-43(56)34-30-26-10-8-6-4-2)41-67-72(62,63)71-73(64,65)68-42-45-49(59)50(60)51(70-45)55-39-38-46(53)54-52(55)61/h6,8,11-12,14-15,18-19,23,25-27,29-31,35,38-39,43-45,49-51,56,59-60H,3-5,7,9-10,13,16-17,20-22,24,28,32-34,36-37,40-42H2,1-2H3,(H,62,63)(H,64,65)(H2,53,54,61)/b8-6-,12-11-,15-14-,19-18-,27-23-,29-25-,30-26-,35-31+/t43?,44-,45-,49-,50-,51-/m1/s1. The molecule has 0 spiro atoms. The Labute approximate surface area is 431 Å². The molecule has 0 aliphatic carbocycles. The van der Waals surface area contributed by atoms with E-state index in [1.165, 1.54) is 25.3 Å². The lowest BCUT2D eigenvalue weighted by Crippen LogP contribution is -2.36. The first-order chi connectivity index (χ1) is 35.1. The van der Waals surface area contributed by atoms with Gasteiger partial charge in [0.25, 0.3) is 0 Å². The molecular weight excluding hydrogens is 985 g/mol. The molecule has 1 aliphatic heterocycles. The van der Waals surface area contributed by atoms with Gasteiger partial charge in [-0.3, -0.25) is 23.2 Å². The van der Waals surface area contributed by atoms with Crippen LogP contribution in [0.25, 0.3) is 0 Å². The van der Waals surface area contributed by atoms with Crippen LogP contribution in [0.1, 0.15) is 142 Å². The number of nitrogens with two attached hydrogens (primary N) is 1. The summed E-state index contributed by atoms with van der Waals surface area (Å²) in [5, 5.41) is 31.0. The number of unbranched alkanes of at least 4 members (excludes halogenated alkanes) is 8. The molecule has 21 heteroatoms. The summed E-state index contributed by atoms with van der Waals surface area (Å²) in [4.78, 5) is 61.9. The molecular formula is C52H81N3O16P2. The van der Waals surface area contributed by atoms with Crippen molar-refractivity contribution in [3.8, 4) is 0 Å². The smallest absolute Gasteiger partial charge is 0.462 e. The van der Waals surface area contributed by atoms with Gasteiger partial charge in [0.2, 0.25) is 0 Å². The lowest BCUT2D eigenvalue weighted by atomic mass is 10.1. The van der Waals surface area contributed by atoms with Crippen LogP contribution in [0.5, 0.6) is 0 Å². The van der Waals surface area contributed by atoms with Crippen molar-refractivity contribution in [1.29, 1.82) is 0 Å². The summed E-state index contributed by atoms with van der Waals surface area (Å²) in [6.07, 6.45) is 39.6. The number of aliphatic hydroxyl groups excluding tert-OH is 3. The van der Waals surface area contributed by atoms with Gasteiger partial charge in [0, 0.05) is 19.0 Å². The van der Waals surface area contributed by atoms with E-state index >= 15 is 0 Å². The second kappa shape index (κ2) is 39.1. The highest BCUT2D eigenvalue weighted by Crippen LogP contribution is 2.60. The molecule has 1 aromatic heterocycles. The predicted molar refractivity (Wildman–Crippen MR) is 281 cm³/mol. The first kappa shape index (κ1) is 64.8. The number of aliphatic hydroxyl groups is 3. The molecule has 2 heterocycles. The highest BCUT2D eigenvalue weighted by Gasteiger charge is 2.46. The van der Waals surface area contributed by atoms with Crippen molar-refractivity contribution in [1.82, 2.24) is 9.55 Å². The Hall–Kier alpha value is -4.36. The number of anilines is 1. The van der Waals surface area contributed by atoms with E-state index in [4.69, 9.17) is 29.0 Å². The Balaban J connectivity index is 1.86. The van der Waals surface area contributed by atoms with Crippen LogP contribution in [-0.2, 0) is 46.3 Å². The van der Waals surface area contributed by atoms with E-state index in [0.29, 0.717) is 25.7 Å². The summed E-state index contributed by atoms with van der Waals surface area (Å²) in [6.45, 7) is 1.84. The third kappa shape index (κ3) is 31.9. The summed E-state index contributed by atoms with van der Waals surface area (Å²) in [5.74, 6) is -1.46. The minimum Gasteiger partial charge on any atom is -0.462 e. The van der Waals surface area contributed by atoms with Gasteiger partial charge < -0.3 is 45.1 Å². The summed E-state index contributed by atoms with van der Waals surface area (Å²) >= 11 is 0.